The van der Waals surface area contributed by atoms with Gasteiger partial charge in [-0.1, -0.05) is 29.0 Å². The summed E-state index contributed by atoms with van der Waals surface area (Å²) in [6.45, 7) is 0.751. The largest absolute Gasteiger partial charge is 0.486 e. The van der Waals surface area contributed by atoms with Crippen LogP contribution in [0.15, 0.2) is 23.3 Å². The van der Waals surface area contributed by atoms with Crippen molar-refractivity contribution >= 4 is 45.7 Å². The molecule has 2 aliphatic heterocycles. The summed E-state index contributed by atoms with van der Waals surface area (Å²) in [5.74, 6) is 4.86. The minimum Gasteiger partial charge on any atom is -0.486 e. The van der Waals surface area contributed by atoms with Crippen molar-refractivity contribution in [2.75, 3.05) is 24.5 Å². The first kappa shape index (κ1) is 21.3. The Kier molecular flexibility index (Phi) is 5.69. The molecular weight excluding hydrogens is 446 g/mol. The van der Waals surface area contributed by atoms with Gasteiger partial charge in [-0.05, 0) is 12.1 Å². The maximum absolute atomic E-state index is 12.7. The van der Waals surface area contributed by atoms with E-state index in [-0.39, 0.29) is 18.0 Å². The van der Waals surface area contributed by atoms with Crippen molar-refractivity contribution in [3.8, 4) is 5.75 Å². The van der Waals surface area contributed by atoms with E-state index in [0.29, 0.717) is 52.4 Å². The van der Waals surface area contributed by atoms with E-state index in [9.17, 15) is 9.59 Å². The van der Waals surface area contributed by atoms with Crippen LogP contribution in [0.3, 0.4) is 0 Å². The first-order chi connectivity index (χ1) is 14.8. The molecule has 31 heavy (non-hydrogen) atoms. The zero-order valence-electron chi connectivity index (χ0n) is 16.3. The molecule has 0 aliphatic carbocycles. The van der Waals surface area contributed by atoms with Crippen LogP contribution in [0.5, 0.6) is 5.75 Å². The summed E-state index contributed by atoms with van der Waals surface area (Å²) in [6.07, 6.45) is 1.56. The van der Waals surface area contributed by atoms with Crippen LogP contribution in [0, 0.1) is 0 Å². The van der Waals surface area contributed by atoms with Crippen LogP contribution in [0.2, 0.25) is 5.02 Å². The fraction of sp³-hybridized carbons (Fsp3) is 0.389. The number of rotatable bonds is 5. The summed E-state index contributed by atoms with van der Waals surface area (Å²) < 4.78 is 6.24. The molecule has 3 heterocycles. The maximum Gasteiger partial charge on any atom is 0.326 e. The van der Waals surface area contributed by atoms with Gasteiger partial charge in [0.15, 0.2) is 23.2 Å². The van der Waals surface area contributed by atoms with E-state index in [1.165, 1.54) is 11.3 Å². The number of hydrogen-bond acceptors (Lipinski definition) is 10. The normalized spacial score (nSPS) is 17.9. The van der Waals surface area contributed by atoms with Crippen molar-refractivity contribution in [3.63, 3.8) is 0 Å². The third-order valence-corrected chi connectivity index (χ3v) is 6.50. The zero-order valence-corrected chi connectivity index (χ0v) is 17.9. The lowest BCUT2D eigenvalue weighted by atomic mass is 9.82. The van der Waals surface area contributed by atoms with Crippen molar-refractivity contribution < 1.29 is 19.4 Å². The van der Waals surface area contributed by atoms with Gasteiger partial charge in [0.25, 0.3) is 0 Å². The second-order valence-electron chi connectivity index (χ2n) is 7.35. The third kappa shape index (κ3) is 4.40. The number of aromatic nitrogens is 2. The molecule has 13 heteroatoms. The highest BCUT2D eigenvalue weighted by molar-refractivity contribution is 7.17. The topological polar surface area (TPSA) is 160 Å². The standard InChI is InChI=1S/C18H20ClN7O4S/c19-10-2-1-3-12-14(10)11(27)8-18(30-12)4-6-25(7-5-18)17-23-22-16(31-17)15(20)24-26(21)9-13(28)29/h1-3H,4-9,21H2,(H2,20,24)(H,28,29). The number of carboxylic acids is 1. The molecule has 1 aromatic heterocycles. The smallest absolute Gasteiger partial charge is 0.326 e. The number of halogens is 1. The van der Waals surface area contributed by atoms with Crippen molar-refractivity contribution in [1.29, 1.82) is 0 Å². The molecule has 0 saturated carbocycles. The van der Waals surface area contributed by atoms with E-state index in [1.54, 1.807) is 18.2 Å². The van der Waals surface area contributed by atoms with Gasteiger partial charge in [-0.2, -0.15) is 0 Å². The van der Waals surface area contributed by atoms with Gasteiger partial charge in [0.2, 0.25) is 5.13 Å². The summed E-state index contributed by atoms with van der Waals surface area (Å²) >= 11 is 7.40. The second-order valence-corrected chi connectivity index (χ2v) is 8.71. The van der Waals surface area contributed by atoms with Crippen LogP contribution >= 0.6 is 22.9 Å². The van der Waals surface area contributed by atoms with Crippen molar-refractivity contribution in [2.45, 2.75) is 24.9 Å². The number of ether oxygens (including phenoxy) is 1. The minimum absolute atomic E-state index is 0.00446. The van der Waals surface area contributed by atoms with Crippen molar-refractivity contribution in [1.82, 2.24) is 15.3 Å². The van der Waals surface area contributed by atoms with Gasteiger partial charge in [0.05, 0.1) is 17.0 Å². The minimum atomic E-state index is -1.13. The SMILES string of the molecule is N/C(=N\N(N)CC(=O)O)c1nnc(N2CCC3(CC2)CC(=O)c2c(Cl)cccc2O3)s1. The fourth-order valence-corrected chi connectivity index (χ4v) is 4.76. The van der Waals surface area contributed by atoms with Crippen LogP contribution in [-0.4, -0.2) is 63.2 Å². The number of amidine groups is 1. The average molecular weight is 466 g/mol. The number of hydrazone groups is 1. The molecule has 4 rings (SSSR count). The summed E-state index contributed by atoms with van der Waals surface area (Å²) in [5.41, 5.74) is 5.75. The second kappa shape index (κ2) is 8.29. The third-order valence-electron chi connectivity index (χ3n) is 5.18. The monoisotopic (exact) mass is 465 g/mol. The highest BCUT2D eigenvalue weighted by Crippen LogP contribution is 2.42. The maximum atomic E-state index is 12.7. The Morgan fingerprint density at radius 3 is 2.84 bits per heavy atom. The lowest BCUT2D eigenvalue weighted by Crippen LogP contribution is -2.51. The molecule has 2 aliphatic rings. The molecule has 1 spiro atoms. The van der Waals surface area contributed by atoms with Gasteiger partial charge >= 0.3 is 5.97 Å². The molecule has 0 unspecified atom stereocenters. The molecule has 0 bridgehead atoms. The lowest BCUT2D eigenvalue weighted by molar-refractivity contribution is -0.138. The number of nitrogens with two attached hydrogens (primary N) is 2. The molecule has 164 valence electrons. The highest BCUT2D eigenvalue weighted by atomic mass is 35.5. The number of hydrazine groups is 1. The zero-order chi connectivity index (χ0) is 22.2. The summed E-state index contributed by atoms with van der Waals surface area (Å²) in [7, 11) is 0. The van der Waals surface area contributed by atoms with Crippen molar-refractivity contribution in [3.05, 3.63) is 33.8 Å². The van der Waals surface area contributed by atoms with E-state index in [1.807, 2.05) is 4.90 Å². The number of nitrogens with zero attached hydrogens (tertiary/aromatic N) is 5. The Morgan fingerprint density at radius 1 is 1.39 bits per heavy atom. The number of fused-ring (bicyclic) bond motifs is 1. The summed E-state index contributed by atoms with van der Waals surface area (Å²) in [5, 5.41) is 22.8. The van der Waals surface area contributed by atoms with Crippen LogP contribution < -0.4 is 21.2 Å². The Hall–Kier alpha value is -2.96. The van der Waals surface area contributed by atoms with Crippen LogP contribution in [0.4, 0.5) is 5.13 Å². The van der Waals surface area contributed by atoms with E-state index >= 15 is 0 Å². The van der Waals surface area contributed by atoms with Crippen molar-refractivity contribution in [2.24, 2.45) is 16.7 Å². The number of aliphatic carboxylic acids is 1. The Morgan fingerprint density at radius 2 is 2.13 bits per heavy atom. The van der Waals surface area contributed by atoms with Crippen LogP contribution in [0.25, 0.3) is 0 Å². The highest BCUT2D eigenvalue weighted by Gasteiger charge is 2.44. The first-order valence-electron chi connectivity index (χ1n) is 9.44. The number of benzene rings is 1. The fourth-order valence-electron chi connectivity index (χ4n) is 3.70. The van der Waals surface area contributed by atoms with E-state index in [0.717, 1.165) is 5.12 Å². The molecule has 1 saturated heterocycles. The number of anilines is 1. The van der Waals surface area contributed by atoms with E-state index in [2.05, 4.69) is 15.3 Å². The van der Waals surface area contributed by atoms with Gasteiger partial charge < -0.3 is 20.5 Å². The van der Waals surface area contributed by atoms with Gasteiger partial charge in [-0.25, -0.2) is 11.0 Å². The summed E-state index contributed by atoms with van der Waals surface area (Å²) in [4.78, 5) is 25.4. The number of carbonyl (C=O) groups is 2. The van der Waals surface area contributed by atoms with Gasteiger partial charge in [-0.3, -0.25) is 9.59 Å². The number of carboxylic acid groups (broad SMARTS) is 1. The van der Waals surface area contributed by atoms with Gasteiger partial charge in [0.1, 0.15) is 11.4 Å². The average Bonchev–Trinajstić information content (AvgIpc) is 3.18. The van der Waals surface area contributed by atoms with Crippen LogP contribution in [-0.2, 0) is 4.79 Å². The lowest BCUT2D eigenvalue weighted by Gasteiger charge is -2.43. The number of hydrogen-bond donors (Lipinski definition) is 3. The Balaban J connectivity index is 1.43. The van der Waals surface area contributed by atoms with Crippen LogP contribution in [0.1, 0.15) is 34.6 Å². The molecular formula is C18H20ClN7O4S. The molecule has 2 aromatic rings. The first-order valence-corrected chi connectivity index (χ1v) is 10.6. The number of piperidine rings is 1. The molecule has 0 amide bonds. The molecule has 1 aromatic carbocycles. The quantitative estimate of drug-likeness (QED) is 0.252. The predicted molar refractivity (Wildman–Crippen MR) is 114 cm³/mol. The number of carbonyl (C=O) groups excluding carboxylic acids is 1. The van der Waals surface area contributed by atoms with E-state index in [4.69, 9.17) is 33.0 Å². The number of ketones is 1. The Bertz CT molecular complexity index is 1050. The predicted octanol–water partition coefficient (Wildman–Crippen LogP) is 1.08. The van der Waals surface area contributed by atoms with Gasteiger partial charge in [-0.15, -0.1) is 15.3 Å². The molecule has 5 N–H and O–H groups in total. The Labute approximate surface area is 186 Å². The molecule has 1 fully saturated rings. The molecule has 11 nitrogen and oxygen atoms in total. The summed E-state index contributed by atoms with van der Waals surface area (Å²) in [6, 6.07) is 5.24. The molecule has 0 atom stereocenters. The van der Waals surface area contributed by atoms with Gasteiger partial charge in [0, 0.05) is 25.9 Å². The molecule has 0 radical (unpaired) electrons. The number of Topliss-reactive ketones (excluding diaryl/α,β-unsaturated/α-hetero) is 1. The van der Waals surface area contributed by atoms with E-state index < -0.39 is 18.1 Å².